The number of hydrogen-bond donors (Lipinski definition) is 1. The number of H-pyrrole nitrogens is 1. The van der Waals surface area contributed by atoms with Gasteiger partial charge in [0.1, 0.15) is 5.65 Å². The zero-order valence-electron chi connectivity index (χ0n) is 11.9. The van der Waals surface area contributed by atoms with Gasteiger partial charge >= 0.3 is 0 Å². The molecule has 0 fully saturated rings. The molecule has 5 heteroatoms. The summed E-state index contributed by atoms with van der Waals surface area (Å²) >= 11 is 0. The first kappa shape index (κ1) is 13.8. The van der Waals surface area contributed by atoms with Gasteiger partial charge in [0.2, 0.25) is 0 Å². The molecule has 0 radical (unpaired) electrons. The number of rotatable bonds is 3. The average Bonchev–Trinajstić information content (AvgIpc) is 2.88. The van der Waals surface area contributed by atoms with E-state index in [4.69, 9.17) is 0 Å². The van der Waals surface area contributed by atoms with E-state index in [9.17, 15) is 8.42 Å². The van der Waals surface area contributed by atoms with Gasteiger partial charge in [0.25, 0.3) is 0 Å². The Labute approximate surface area is 123 Å². The van der Waals surface area contributed by atoms with Crippen molar-refractivity contribution < 1.29 is 8.42 Å². The molecule has 3 rings (SSSR count). The van der Waals surface area contributed by atoms with Gasteiger partial charge in [-0.15, -0.1) is 0 Å². The molecule has 0 bridgehead atoms. The Balaban J connectivity index is 2.16. The fourth-order valence-corrected chi connectivity index (χ4v) is 3.08. The van der Waals surface area contributed by atoms with Gasteiger partial charge < -0.3 is 4.98 Å². The van der Waals surface area contributed by atoms with E-state index in [1.165, 1.54) is 11.8 Å². The second-order valence-corrected chi connectivity index (χ2v) is 7.10. The molecule has 0 aliphatic carbocycles. The van der Waals surface area contributed by atoms with E-state index in [0.717, 1.165) is 28.6 Å². The predicted octanol–water partition coefficient (Wildman–Crippen LogP) is 3.20. The first-order chi connectivity index (χ1) is 9.99. The molecule has 0 atom stereocenters. The maximum Gasteiger partial charge on any atom is 0.175 e. The van der Waals surface area contributed by atoms with Gasteiger partial charge in [0.15, 0.2) is 9.84 Å². The van der Waals surface area contributed by atoms with Crippen molar-refractivity contribution in [2.45, 2.75) is 18.2 Å². The fourth-order valence-electron chi connectivity index (χ4n) is 2.41. The van der Waals surface area contributed by atoms with Gasteiger partial charge in [0.05, 0.1) is 4.90 Å². The number of aromatic amines is 1. The number of nitrogens with zero attached hydrogens (tertiary/aromatic N) is 1. The Bertz CT molecular complexity index is 911. The minimum Gasteiger partial charge on any atom is -0.346 e. The quantitative estimate of drug-likeness (QED) is 0.808. The lowest BCUT2D eigenvalue weighted by molar-refractivity contribution is 0.602. The van der Waals surface area contributed by atoms with Crippen LogP contribution in [0.4, 0.5) is 0 Å². The van der Waals surface area contributed by atoms with E-state index in [0.29, 0.717) is 4.90 Å². The summed E-state index contributed by atoms with van der Waals surface area (Å²) in [6, 6.07) is 9.01. The summed E-state index contributed by atoms with van der Waals surface area (Å²) in [5.41, 5.74) is 3.84. The number of aromatic nitrogens is 2. The van der Waals surface area contributed by atoms with Crippen LogP contribution in [0.25, 0.3) is 22.2 Å². The van der Waals surface area contributed by atoms with Crippen molar-refractivity contribution in [3.05, 3.63) is 48.3 Å². The van der Waals surface area contributed by atoms with Gasteiger partial charge in [-0.2, -0.15) is 0 Å². The zero-order valence-corrected chi connectivity index (χ0v) is 12.7. The van der Waals surface area contributed by atoms with Gasteiger partial charge in [-0.1, -0.05) is 19.1 Å². The van der Waals surface area contributed by atoms with Crippen LogP contribution in [-0.4, -0.2) is 24.6 Å². The molecule has 0 saturated carbocycles. The Hall–Kier alpha value is -2.14. The van der Waals surface area contributed by atoms with Crippen molar-refractivity contribution in [2.75, 3.05) is 6.26 Å². The highest BCUT2D eigenvalue weighted by Crippen LogP contribution is 2.26. The third-order valence-electron chi connectivity index (χ3n) is 3.59. The van der Waals surface area contributed by atoms with Crippen molar-refractivity contribution in [1.82, 2.24) is 9.97 Å². The third-order valence-corrected chi connectivity index (χ3v) is 4.70. The normalized spacial score (nSPS) is 11.9. The van der Waals surface area contributed by atoms with E-state index in [-0.39, 0.29) is 0 Å². The van der Waals surface area contributed by atoms with Crippen molar-refractivity contribution >= 4 is 20.9 Å². The van der Waals surface area contributed by atoms with Gasteiger partial charge in [-0.25, -0.2) is 13.4 Å². The largest absolute Gasteiger partial charge is 0.346 e. The van der Waals surface area contributed by atoms with Crippen LogP contribution in [0.15, 0.2) is 47.6 Å². The van der Waals surface area contributed by atoms with Crippen molar-refractivity contribution in [1.29, 1.82) is 0 Å². The van der Waals surface area contributed by atoms with Crippen LogP contribution in [0, 0.1) is 0 Å². The summed E-state index contributed by atoms with van der Waals surface area (Å²) < 4.78 is 23.3. The van der Waals surface area contributed by atoms with Gasteiger partial charge in [-0.3, -0.25) is 0 Å². The Kier molecular flexibility index (Phi) is 3.29. The molecule has 0 aliphatic heterocycles. The molecule has 0 unspecified atom stereocenters. The molecule has 1 N–H and O–H groups in total. The Morgan fingerprint density at radius 3 is 2.71 bits per heavy atom. The molecule has 2 heterocycles. The lowest BCUT2D eigenvalue weighted by Gasteiger charge is -2.05. The van der Waals surface area contributed by atoms with Crippen LogP contribution >= 0.6 is 0 Å². The molecular formula is C16H16N2O2S. The first-order valence-electron chi connectivity index (χ1n) is 6.75. The summed E-state index contributed by atoms with van der Waals surface area (Å²) in [4.78, 5) is 7.88. The summed E-state index contributed by atoms with van der Waals surface area (Å²) in [5.74, 6) is 0. The number of nitrogens with one attached hydrogen (secondary N) is 1. The number of sulfone groups is 1. The van der Waals surface area contributed by atoms with Crippen molar-refractivity contribution in [2.24, 2.45) is 0 Å². The summed E-state index contributed by atoms with van der Waals surface area (Å²) in [5, 5.41) is 1.08. The minimum absolute atomic E-state index is 0.324. The van der Waals surface area contributed by atoms with E-state index in [1.807, 2.05) is 12.3 Å². The molecule has 4 nitrogen and oxygen atoms in total. The summed E-state index contributed by atoms with van der Waals surface area (Å²) in [6.07, 6.45) is 5.87. The Morgan fingerprint density at radius 1 is 1.19 bits per heavy atom. The number of fused-ring (bicyclic) bond motifs is 1. The third kappa shape index (κ3) is 2.56. The van der Waals surface area contributed by atoms with Crippen LogP contribution in [0.3, 0.4) is 0 Å². The highest BCUT2D eigenvalue weighted by Gasteiger charge is 2.10. The van der Waals surface area contributed by atoms with Crippen LogP contribution in [-0.2, 0) is 16.3 Å². The number of benzene rings is 1. The van der Waals surface area contributed by atoms with Crippen molar-refractivity contribution in [3.8, 4) is 11.1 Å². The standard InChI is InChI=1S/C16H16N2O2S/c1-3-11-9-17-16-15(11)8-13(10-18-16)12-5-4-6-14(7-12)21(2,19)20/h4-10H,3H2,1-2H3,(H,17,18). The number of aryl methyl sites for hydroxylation is 1. The second-order valence-electron chi connectivity index (χ2n) is 5.09. The van der Waals surface area contributed by atoms with Crippen LogP contribution in [0.5, 0.6) is 0 Å². The van der Waals surface area contributed by atoms with E-state index in [1.54, 1.807) is 24.4 Å². The maximum atomic E-state index is 11.7. The smallest absolute Gasteiger partial charge is 0.175 e. The minimum atomic E-state index is -3.20. The second kappa shape index (κ2) is 5.00. The van der Waals surface area contributed by atoms with Crippen LogP contribution in [0.2, 0.25) is 0 Å². The molecule has 108 valence electrons. The molecule has 0 amide bonds. The highest BCUT2D eigenvalue weighted by atomic mass is 32.2. The highest BCUT2D eigenvalue weighted by molar-refractivity contribution is 7.90. The topological polar surface area (TPSA) is 62.8 Å². The molecule has 3 aromatic rings. The molecule has 0 saturated heterocycles. The summed E-state index contributed by atoms with van der Waals surface area (Å²) in [6.45, 7) is 2.10. The van der Waals surface area contributed by atoms with E-state index >= 15 is 0 Å². The number of pyridine rings is 1. The molecule has 0 aliphatic rings. The van der Waals surface area contributed by atoms with Gasteiger partial charge in [0, 0.05) is 29.6 Å². The van der Waals surface area contributed by atoms with Crippen molar-refractivity contribution in [3.63, 3.8) is 0 Å². The van der Waals surface area contributed by atoms with Crippen LogP contribution in [0.1, 0.15) is 12.5 Å². The molecule has 21 heavy (non-hydrogen) atoms. The van der Waals surface area contributed by atoms with Crippen LogP contribution < -0.4 is 0 Å². The number of hydrogen-bond acceptors (Lipinski definition) is 3. The lowest BCUT2D eigenvalue weighted by atomic mass is 10.1. The first-order valence-corrected chi connectivity index (χ1v) is 8.64. The SMILES string of the molecule is CCc1c[nH]c2ncc(-c3cccc(S(C)(=O)=O)c3)cc12. The monoisotopic (exact) mass is 300 g/mol. The fraction of sp³-hybridized carbons (Fsp3) is 0.188. The molecule has 2 aromatic heterocycles. The maximum absolute atomic E-state index is 11.7. The molecule has 0 spiro atoms. The summed E-state index contributed by atoms with van der Waals surface area (Å²) in [7, 11) is -3.20. The lowest BCUT2D eigenvalue weighted by Crippen LogP contribution is -1.96. The van der Waals surface area contributed by atoms with Gasteiger partial charge in [-0.05, 0) is 35.7 Å². The zero-order chi connectivity index (χ0) is 15.0. The molecular weight excluding hydrogens is 284 g/mol. The molecule has 1 aromatic carbocycles. The average molecular weight is 300 g/mol. The Morgan fingerprint density at radius 2 is 2.00 bits per heavy atom. The van der Waals surface area contributed by atoms with E-state index in [2.05, 4.69) is 23.0 Å². The van der Waals surface area contributed by atoms with E-state index < -0.39 is 9.84 Å². The predicted molar refractivity (Wildman–Crippen MR) is 84.0 cm³/mol.